The van der Waals surface area contributed by atoms with Gasteiger partial charge >= 0.3 is 0 Å². The third-order valence-corrected chi connectivity index (χ3v) is 3.55. The number of carbonyl (C=O) groups excluding carboxylic acids is 1. The van der Waals surface area contributed by atoms with E-state index in [9.17, 15) is 4.79 Å². The second kappa shape index (κ2) is 5.38. The number of carbonyl (C=O) groups is 1. The first kappa shape index (κ1) is 12.9. The average Bonchev–Trinajstić information content (AvgIpc) is 2.38. The number of hydrogen-bond acceptors (Lipinski definition) is 3. The number of ketones is 1. The molecule has 2 rings (SSSR count). The topological polar surface area (TPSA) is 43.1 Å². The molecule has 92 valence electrons. The first-order valence-corrected chi connectivity index (χ1v) is 6.59. The summed E-state index contributed by atoms with van der Waals surface area (Å²) in [7, 11) is 0. The highest BCUT2D eigenvalue weighted by molar-refractivity contribution is 7.97. The van der Waals surface area contributed by atoms with Crippen molar-refractivity contribution >= 4 is 17.7 Å². The summed E-state index contributed by atoms with van der Waals surface area (Å²) >= 11 is 1.13. The molecule has 0 saturated carbocycles. The highest BCUT2D eigenvalue weighted by Crippen LogP contribution is 2.32. The van der Waals surface area contributed by atoms with Crippen molar-refractivity contribution in [3.05, 3.63) is 53.6 Å². The molecule has 0 fully saturated rings. The molecule has 0 aliphatic rings. The van der Waals surface area contributed by atoms with E-state index in [-0.39, 0.29) is 5.78 Å². The fourth-order valence-electron chi connectivity index (χ4n) is 1.90. The third-order valence-electron chi connectivity index (χ3n) is 2.87. The van der Waals surface area contributed by atoms with Gasteiger partial charge in [0.1, 0.15) is 0 Å². The highest BCUT2D eigenvalue weighted by Gasteiger charge is 2.12. The number of nitrogens with two attached hydrogens (primary N) is 1. The van der Waals surface area contributed by atoms with E-state index in [4.69, 9.17) is 5.14 Å². The number of hydrogen-bond donors (Lipinski definition) is 1. The van der Waals surface area contributed by atoms with Gasteiger partial charge < -0.3 is 0 Å². The van der Waals surface area contributed by atoms with Gasteiger partial charge in [-0.1, -0.05) is 48.0 Å². The van der Waals surface area contributed by atoms with Crippen LogP contribution in [0.15, 0.2) is 47.4 Å². The van der Waals surface area contributed by atoms with Crippen LogP contribution >= 0.6 is 11.9 Å². The van der Waals surface area contributed by atoms with Crippen molar-refractivity contribution in [2.45, 2.75) is 18.7 Å². The second-order valence-electron chi connectivity index (χ2n) is 4.22. The van der Waals surface area contributed by atoms with Crippen LogP contribution in [-0.2, 0) is 0 Å². The van der Waals surface area contributed by atoms with Gasteiger partial charge in [0.15, 0.2) is 5.78 Å². The van der Waals surface area contributed by atoms with Crippen LogP contribution < -0.4 is 5.14 Å². The molecule has 2 nitrogen and oxygen atoms in total. The van der Waals surface area contributed by atoms with Crippen LogP contribution in [0.4, 0.5) is 0 Å². The van der Waals surface area contributed by atoms with Gasteiger partial charge in [-0.25, -0.2) is 0 Å². The number of Topliss-reactive ketones (excluding diaryl/α,β-unsaturated/α-hetero) is 1. The summed E-state index contributed by atoms with van der Waals surface area (Å²) in [5.74, 6) is 0.0388. The summed E-state index contributed by atoms with van der Waals surface area (Å²) in [4.78, 5) is 12.4. The van der Waals surface area contributed by atoms with E-state index in [0.717, 1.165) is 28.0 Å². The van der Waals surface area contributed by atoms with Crippen LogP contribution in [-0.4, -0.2) is 5.78 Å². The molecule has 0 bridgehead atoms. The largest absolute Gasteiger partial charge is 0.294 e. The maximum atomic E-state index is 11.6. The molecule has 2 N–H and O–H groups in total. The summed E-state index contributed by atoms with van der Waals surface area (Å²) in [6.07, 6.45) is 0. The lowest BCUT2D eigenvalue weighted by molar-refractivity contribution is 0.101. The summed E-state index contributed by atoms with van der Waals surface area (Å²) in [6, 6.07) is 13.9. The molecule has 18 heavy (non-hydrogen) atoms. The van der Waals surface area contributed by atoms with Crippen molar-refractivity contribution in [2.24, 2.45) is 5.14 Å². The van der Waals surface area contributed by atoms with E-state index in [1.54, 1.807) is 6.92 Å². The molecule has 0 heterocycles. The van der Waals surface area contributed by atoms with Crippen LogP contribution in [0, 0.1) is 6.92 Å². The molecule has 0 spiro atoms. The van der Waals surface area contributed by atoms with Gasteiger partial charge in [-0.3, -0.25) is 9.93 Å². The Bertz CT molecular complexity index is 576. The van der Waals surface area contributed by atoms with E-state index in [1.807, 2.05) is 37.3 Å². The Morgan fingerprint density at radius 2 is 1.78 bits per heavy atom. The molecule has 0 unspecified atom stereocenters. The van der Waals surface area contributed by atoms with Gasteiger partial charge in [-0.05, 0) is 36.9 Å². The summed E-state index contributed by atoms with van der Waals surface area (Å²) < 4.78 is 0. The molecule has 0 aliphatic carbocycles. The van der Waals surface area contributed by atoms with Crippen LogP contribution in [0.3, 0.4) is 0 Å². The van der Waals surface area contributed by atoms with Gasteiger partial charge in [0.25, 0.3) is 0 Å². The molecule has 0 aromatic heterocycles. The average molecular weight is 257 g/mol. The minimum Gasteiger partial charge on any atom is -0.294 e. The molecule has 3 heteroatoms. The molecule has 0 saturated heterocycles. The Labute approximate surface area is 111 Å². The van der Waals surface area contributed by atoms with E-state index >= 15 is 0 Å². The summed E-state index contributed by atoms with van der Waals surface area (Å²) in [6.45, 7) is 3.61. The van der Waals surface area contributed by atoms with Crippen molar-refractivity contribution in [3.8, 4) is 11.1 Å². The fourth-order valence-corrected chi connectivity index (χ4v) is 2.55. The minimum atomic E-state index is 0.0388. The van der Waals surface area contributed by atoms with Crippen LogP contribution in [0.5, 0.6) is 0 Å². The van der Waals surface area contributed by atoms with Gasteiger partial charge in [0, 0.05) is 10.5 Å². The lowest BCUT2D eigenvalue weighted by atomic mass is 10.0. The van der Waals surface area contributed by atoms with E-state index in [2.05, 4.69) is 12.1 Å². The Morgan fingerprint density at radius 3 is 2.33 bits per heavy atom. The quantitative estimate of drug-likeness (QED) is 0.671. The van der Waals surface area contributed by atoms with Gasteiger partial charge in [-0.15, -0.1) is 0 Å². The van der Waals surface area contributed by atoms with Crippen LogP contribution in [0.25, 0.3) is 11.1 Å². The Balaban J connectivity index is 2.60. The maximum Gasteiger partial charge on any atom is 0.160 e. The van der Waals surface area contributed by atoms with Gasteiger partial charge in [-0.2, -0.15) is 0 Å². The molecule has 2 aromatic carbocycles. The summed E-state index contributed by atoms with van der Waals surface area (Å²) in [5, 5.41) is 5.72. The van der Waals surface area contributed by atoms with Gasteiger partial charge in [0.05, 0.1) is 0 Å². The lowest BCUT2D eigenvalue weighted by Crippen LogP contribution is -1.99. The van der Waals surface area contributed by atoms with E-state index in [1.165, 1.54) is 5.56 Å². The number of benzene rings is 2. The zero-order chi connectivity index (χ0) is 13.1. The van der Waals surface area contributed by atoms with Crippen molar-refractivity contribution in [2.75, 3.05) is 0 Å². The van der Waals surface area contributed by atoms with E-state index < -0.39 is 0 Å². The zero-order valence-electron chi connectivity index (χ0n) is 10.4. The monoisotopic (exact) mass is 257 g/mol. The second-order valence-corrected chi connectivity index (χ2v) is 4.87. The van der Waals surface area contributed by atoms with Crippen molar-refractivity contribution in [1.82, 2.24) is 0 Å². The first-order valence-electron chi connectivity index (χ1n) is 5.71. The molecular formula is C15H15NOS. The number of aryl methyl sites for hydroxylation is 1. The molecule has 0 atom stereocenters. The predicted molar refractivity (Wildman–Crippen MR) is 76.7 cm³/mol. The molecule has 0 amide bonds. The minimum absolute atomic E-state index is 0.0388. The standard InChI is InChI=1S/C15H15NOS/c1-10-6-8-12(9-7-10)14-5-3-4-13(11(2)17)15(14)18-16/h3-9H,16H2,1-2H3. The maximum absolute atomic E-state index is 11.6. The van der Waals surface area contributed by atoms with Crippen molar-refractivity contribution in [3.63, 3.8) is 0 Å². The normalized spacial score (nSPS) is 10.4. The van der Waals surface area contributed by atoms with Crippen LogP contribution in [0.1, 0.15) is 22.8 Å². The highest BCUT2D eigenvalue weighted by atomic mass is 32.2. The van der Waals surface area contributed by atoms with Crippen molar-refractivity contribution < 1.29 is 4.79 Å². The van der Waals surface area contributed by atoms with Crippen molar-refractivity contribution in [1.29, 1.82) is 0 Å². The van der Waals surface area contributed by atoms with Crippen LogP contribution in [0.2, 0.25) is 0 Å². The zero-order valence-corrected chi connectivity index (χ0v) is 11.3. The number of rotatable bonds is 3. The molecular weight excluding hydrogens is 242 g/mol. The lowest BCUT2D eigenvalue weighted by Gasteiger charge is -2.11. The Hall–Kier alpha value is -1.58. The smallest absolute Gasteiger partial charge is 0.160 e. The van der Waals surface area contributed by atoms with Gasteiger partial charge in [0.2, 0.25) is 0 Å². The third kappa shape index (κ3) is 2.47. The predicted octanol–water partition coefficient (Wildman–Crippen LogP) is 3.83. The molecule has 0 radical (unpaired) electrons. The Kier molecular flexibility index (Phi) is 3.84. The van der Waals surface area contributed by atoms with E-state index in [0.29, 0.717) is 5.56 Å². The SMILES string of the molecule is CC(=O)c1cccc(-c2ccc(C)cc2)c1SN. The molecule has 2 aromatic rings. The molecule has 0 aliphatic heterocycles. The fraction of sp³-hybridized carbons (Fsp3) is 0.133. The first-order chi connectivity index (χ1) is 8.63. The Morgan fingerprint density at radius 1 is 1.11 bits per heavy atom. The summed E-state index contributed by atoms with van der Waals surface area (Å²) in [5.41, 5.74) is 3.98.